The highest BCUT2D eigenvalue weighted by molar-refractivity contribution is 5.95. The second kappa shape index (κ2) is 7.05. The molecule has 0 atom stereocenters. The Labute approximate surface area is 141 Å². The molecular formula is C18H24N4O2. The fourth-order valence-electron chi connectivity index (χ4n) is 3.12. The molecule has 1 heterocycles. The first-order valence-corrected chi connectivity index (χ1v) is 8.40. The van der Waals surface area contributed by atoms with Crippen molar-refractivity contribution in [1.29, 1.82) is 0 Å². The maximum Gasteiger partial charge on any atom is 0.251 e. The van der Waals surface area contributed by atoms with Gasteiger partial charge in [0.15, 0.2) is 0 Å². The van der Waals surface area contributed by atoms with Crippen LogP contribution in [0, 0.1) is 0 Å². The maximum absolute atomic E-state index is 12.4. The third-order valence-corrected chi connectivity index (χ3v) is 4.48. The summed E-state index contributed by atoms with van der Waals surface area (Å²) in [6.45, 7) is 0.312. The predicted molar refractivity (Wildman–Crippen MR) is 93.3 cm³/mol. The van der Waals surface area contributed by atoms with Gasteiger partial charge in [-0.1, -0.05) is 25.3 Å². The highest BCUT2D eigenvalue weighted by Gasteiger charge is 2.29. The van der Waals surface area contributed by atoms with Gasteiger partial charge in [0, 0.05) is 31.0 Å². The number of hydrogen-bond acceptors (Lipinski definition) is 4. The number of nitrogens with one attached hydrogen (secondary N) is 2. The molecule has 1 amide bonds. The summed E-state index contributed by atoms with van der Waals surface area (Å²) in [7, 11) is 1.85. The zero-order chi connectivity index (χ0) is 17.0. The van der Waals surface area contributed by atoms with E-state index in [-0.39, 0.29) is 5.91 Å². The number of hydrogen-bond donors (Lipinski definition) is 3. The van der Waals surface area contributed by atoms with Gasteiger partial charge in [0.1, 0.15) is 0 Å². The molecule has 1 fully saturated rings. The highest BCUT2D eigenvalue weighted by atomic mass is 16.3. The summed E-state index contributed by atoms with van der Waals surface area (Å²) < 4.78 is 1.71. The third-order valence-electron chi connectivity index (χ3n) is 4.48. The van der Waals surface area contributed by atoms with E-state index in [0.29, 0.717) is 12.1 Å². The number of carbonyl (C=O) groups is 1. The Morgan fingerprint density at radius 1 is 1.29 bits per heavy atom. The Kier molecular flexibility index (Phi) is 4.85. The number of anilines is 2. The van der Waals surface area contributed by atoms with E-state index in [2.05, 4.69) is 15.7 Å². The summed E-state index contributed by atoms with van der Waals surface area (Å²) in [5, 5.41) is 20.7. The van der Waals surface area contributed by atoms with E-state index in [1.165, 1.54) is 0 Å². The molecule has 0 spiro atoms. The van der Waals surface area contributed by atoms with Crippen LogP contribution in [0.1, 0.15) is 42.5 Å². The Hall–Kier alpha value is -2.34. The van der Waals surface area contributed by atoms with E-state index in [1.54, 1.807) is 23.0 Å². The summed E-state index contributed by atoms with van der Waals surface area (Å²) in [5.41, 5.74) is 1.52. The minimum Gasteiger partial charge on any atom is -0.388 e. The molecule has 128 valence electrons. The minimum atomic E-state index is -0.751. The van der Waals surface area contributed by atoms with Crippen LogP contribution in [-0.2, 0) is 7.05 Å². The fourth-order valence-corrected chi connectivity index (χ4v) is 3.12. The number of amides is 1. The number of benzene rings is 1. The molecule has 1 saturated carbocycles. The molecule has 1 aliphatic carbocycles. The molecule has 2 aromatic rings. The van der Waals surface area contributed by atoms with Crippen LogP contribution in [-0.4, -0.2) is 32.9 Å². The van der Waals surface area contributed by atoms with Crippen LogP contribution in [0.4, 0.5) is 11.4 Å². The number of aryl methyl sites for hydroxylation is 1. The van der Waals surface area contributed by atoms with E-state index < -0.39 is 5.60 Å². The number of rotatable bonds is 5. The Balaban J connectivity index is 1.61. The van der Waals surface area contributed by atoms with E-state index in [4.69, 9.17) is 0 Å². The maximum atomic E-state index is 12.4. The molecule has 6 nitrogen and oxygen atoms in total. The summed E-state index contributed by atoms with van der Waals surface area (Å²) >= 11 is 0. The predicted octanol–water partition coefficient (Wildman–Crippen LogP) is 2.59. The Morgan fingerprint density at radius 3 is 2.79 bits per heavy atom. The number of aliphatic hydroxyl groups is 1. The van der Waals surface area contributed by atoms with E-state index in [0.717, 1.165) is 43.5 Å². The number of carbonyl (C=O) groups excluding carboxylic acids is 1. The van der Waals surface area contributed by atoms with Crippen LogP contribution in [0.3, 0.4) is 0 Å². The average Bonchev–Trinajstić information content (AvgIpc) is 2.98. The van der Waals surface area contributed by atoms with Gasteiger partial charge in [-0.3, -0.25) is 9.48 Å². The molecule has 0 saturated heterocycles. The lowest BCUT2D eigenvalue weighted by molar-refractivity contribution is 0.00526. The molecule has 0 aliphatic heterocycles. The normalized spacial score (nSPS) is 16.6. The average molecular weight is 328 g/mol. The SMILES string of the molecule is Cn1cc(Nc2cccc(C(=O)NCC3(O)CCCCC3)c2)cn1. The standard InChI is InChI=1S/C18H24N4O2/c1-22-12-16(11-20-22)21-15-7-5-6-14(10-15)17(23)19-13-18(24)8-3-2-4-9-18/h5-7,10-12,21,24H,2-4,8-9,13H2,1H3,(H,19,23). The van der Waals surface area contributed by atoms with Crippen molar-refractivity contribution in [2.24, 2.45) is 7.05 Å². The second-order valence-corrected chi connectivity index (χ2v) is 6.58. The van der Waals surface area contributed by atoms with Crippen LogP contribution in [0.15, 0.2) is 36.7 Å². The van der Waals surface area contributed by atoms with Crippen molar-refractivity contribution in [3.05, 3.63) is 42.2 Å². The van der Waals surface area contributed by atoms with Gasteiger partial charge in [0.25, 0.3) is 5.91 Å². The Morgan fingerprint density at radius 2 is 2.08 bits per heavy atom. The van der Waals surface area contributed by atoms with Crippen LogP contribution >= 0.6 is 0 Å². The number of aromatic nitrogens is 2. The first-order valence-electron chi connectivity index (χ1n) is 8.40. The summed E-state index contributed by atoms with van der Waals surface area (Å²) in [5.74, 6) is -0.163. The van der Waals surface area contributed by atoms with Crippen molar-refractivity contribution in [2.45, 2.75) is 37.7 Å². The second-order valence-electron chi connectivity index (χ2n) is 6.58. The first kappa shape index (κ1) is 16.5. The molecule has 3 rings (SSSR count). The van der Waals surface area contributed by atoms with Crippen molar-refractivity contribution in [3.63, 3.8) is 0 Å². The van der Waals surface area contributed by atoms with Gasteiger partial charge in [-0.05, 0) is 31.0 Å². The van der Waals surface area contributed by atoms with E-state index >= 15 is 0 Å². The molecule has 1 aromatic carbocycles. The Bertz CT molecular complexity index is 705. The van der Waals surface area contributed by atoms with Gasteiger partial charge in [0.05, 0.1) is 17.5 Å². The molecule has 0 unspecified atom stereocenters. The first-order chi connectivity index (χ1) is 11.5. The van der Waals surface area contributed by atoms with Gasteiger partial charge >= 0.3 is 0 Å². The van der Waals surface area contributed by atoms with Gasteiger partial charge in [0.2, 0.25) is 0 Å². The van der Waals surface area contributed by atoms with Crippen LogP contribution in [0.25, 0.3) is 0 Å². The lowest BCUT2D eigenvalue weighted by Gasteiger charge is -2.32. The zero-order valence-corrected chi connectivity index (χ0v) is 14.0. The molecule has 24 heavy (non-hydrogen) atoms. The summed E-state index contributed by atoms with van der Waals surface area (Å²) in [4.78, 5) is 12.4. The zero-order valence-electron chi connectivity index (χ0n) is 14.0. The minimum absolute atomic E-state index is 0.163. The van der Waals surface area contributed by atoms with Crippen LogP contribution in [0.5, 0.6) is 0 Å². The van der Waals surface area contributed by atoms with Crippen molar-refractivity contribution in [3.8, 4) is 0 Å². The molecule has 0 bridgehead atoms. The van der Waals surface area contributed by atoms with E-state index in [9.17, 15) is 9.90 Å². The van der Waals surface area contributed by atoms with Gasteiger partial charge < -0.3 is 15.7 Å². The lowest BCUT2D eigenvalue weighted by atomic mass is 9.85. The van der Waals surface area contributed by atoms with Crippen molar-refractivity contribution in [2.75, 3.05) is 11.9 Å². The van der Waals surface area contributed by atoms with Gasteiger partial charge in [-0.25, -0.2) is 0 Å². The molecule has 3 N–H and O–H groups in total. The third kappa shape index (κ3) is 4.14. The number of nitrogens with zero attached hydrogens (tertiary/aromatic N) is 2. The molecule has 6 heteroatoms. The van der Waals surface area contributed by atoms with E-state index in [1.807, 2.05) is 25.4 Å². The smallest absolute Gasteiger partial charge is 0.251 e. The molecular weight excluding hydrogens is 304 g/mol. The fraction of sp³-hybridized carbons (Fsp3) is 0.444. The summed E-state index contributed by atoms with van der Waals surface area (Å²) in [6, 6.07) is 7.31. The van der Waals surface area contributed by atoms with Gasteiger partial charge in [-0.2, -0.15) is 5.10 Å². The topological polar surface area (TPSA) is 79.2 Å². The summed E-state index contributed by atoms with van der Waals surface area (Å²) in [6.07, 6.45) is 8.33. The molecule has 0 radical (unpaired) electrons. The van der Waals surface area contributed by atoms with Crippen molar-refractivity contribution in [1.82, 2.24) is 15.1 Å². The molecule has 1 aromatic heterocycles. The van der Waals surface area contributed by atoms with Crippen LogP contribution < -0.4 is 10.6 Å². The highest BCUT2D eigenvalue weighted by Crippen LogP contribution is 2.27. The lowest BCUT2D eigenvalue weighted by Crippen LogP contribution is -2.44. The largest absolute Gasteiger partial charge is 0.388 e. The van der Waals surface area contributed by atoms with Crippen LogP contribution in [0.2, 0.25) is 0 Å². The quantitative estimate of drug-likeness (QED) is 0.788. The van der Waals surface area contributed by atoms with Crippen molar-refractivity contribution >= 4 is 17.3 Å². The molecule has 1 aliphatic rings. The van der Waals surface area contributed by atoms with Gasteiger partial charge in [-0.15, -0.1) is 0 Å². The monoisotopic (exact) mass is 328 g/mol. The van der Waals surface area contributed by atoms with Crippen molar-refractivity contribution < 1.29 is 9.90 Å².